The van der Waals surface area contributed by atoms with Crippen molar-refractivity contribution >= 4 is 17.7 Å². The van der Waals surface area contributed by atoms with Crippen molar-refractivity contribution in [1.29, 1.82) is 0 Å². The Morgan fingerprint density at radius 2 is 2.15 bits per heavy atom. The van der Waals surface area contributed by atoms with E-state index in [0.717, 1.165) is 0 Å². The lowest BCUT2D eigenvalue weighted by atomic mass is 10.1. The Hall–Kier alpha value is -0.260. The van der Waals surface area contributed by atoms with Gasteiger partial charge in [0, 0.05) is 17.1 Å². The first-order chi connectivity index (χ1) is 5.89. The predicted octanol–water partition coefficient (Wildman–Crippen LogP) is 0.292. The lowest BCUT2D eigenvalue weighted by Gasteiger charge is -2.23. The average Bonchev–Trinajstić information content (AvgIpc) is 2.00. The summed E-state index contributed by atoms with van der Waals surface area (Å²) in [6.45, 7) is 4.03. The number of rotatable bonds is 6. The molecule has 0 spiro atoms. The molecule has 0 unspecified atom stereocenters. The van der Waals surface area contributed by atoms with Crippen molar-refractivity contribution in [3.63, 3.8) is 0 Å². The SMILES string of the molecule is CC(C)(CCO)SC[C@@H](N)C(=O)O. The molecule has 0 aromatic rings. The van der Waals surface area contributed by atoms with Gasteiger partial charge < -0.3 is 15.9 Å². The number of aliphatic hydroxyl groups is 1. The molecule has 0 aromatic heterocycles. The summed E-state index contributed by atoms with van der Waals surface area (Å²) in [6, 6.07) is -0.817. The van der Waals surface area contributed by atoms with Crippen LogP contribution in [0.3, 0.4) is 0 Å². The smallest absolute Gasteiger partial charge is 0.321 e. The zero-order valence-electron chi connectivity index (χ0n) is 7.99. The van der Waals surface area contributed by atoms with Crippen LogP contribution in [-0.2, 0) is 4.79 Å². The average molecular weight is 207 g/mol. The van der Waals surface area contributed by atoms with Crippen LogP contribution in [-0.4, -0.2) is 39.3 Å². The summed E-state index contributed by atoms with van der Waals surface area (Å²) < 4.78 is -0.109. The van der Waals surface area contributed by atoms with Gasteiger partial charge >= 0.3 is 5.97 Å². The maximum Gasteiger partial charge on any atom is 0.321 e. The highest BCUT2D eigenvalue weighted by Gasteiger charge is 2.21. The number of carboxylic acid groups (broad SMARTS) is 1. The van der Waals surface area contributed by atoms with Gasteiger partial charge in [0.25, 0.3) is 0 Å². The fourth-order valence-electron chi connectivity index (χ4n) is 0.728. The van der Waals surface area contributed by atoms with Crippen LogP contribution in [0.25, 0.3) is 0 Å². The number of hydrogen-bond acceptors (Lipinski definition) is 4. The van der Waals surface area contributed by atoms with E-state index >= 15 is 0 Å². The van der Waals surface area contributed by atoms with Crippen LogP contribution < -0.4 is 5.73 Å². The van der Waals surface area contributed by atoms with Crippen molar-refractivity contribution < 1.29 is 15.0 Å². The normalized spacial score (nSPS) is 14.2. The van der Waals surface area contributed by atoms with Gasteiger partial charge in [0.2, 0.25) is 0 Å². The summed E-state index contributed by atoms with van der Waals surface area (Å²) in [5.74, 6) is -0.602. The van der Waals surface area contributed by atoms with Gasteiger partial charge in [0.15, 0.2) is 0 Å². The molecular formula is C8H17NO3S. The second-order valence-electron chi connectivity index (χ2n) is 3.49. The Morgan fingerprint density at radius 3 is 2.54 bits per heavy atom. The summed E-state index contributed by atoms with van der Waals surface area (Å²) in [6.07, 6.45) is 0.643. The first kappa shape index (κ1) is 12.7. The number of hydrogen-bond donors (Lipinski definition) is 3. The molecule has 0 heterocycles. The third-order valence-corrected chi connectivity index (χ3v) is 3.20. The highest BCUT2D eigenvalue weighted by atomic mass is 32.2. The zero-order chi connectivity index (χ0) is 10.5. The zero-order valence-corrected chi connectivity index (χ0v) is 8.80. The van der Waals surface area contributed by atoms with Crippen molar-refractivity contribution in [1.82, 2.24) is 0 Å². The van der Waals surface area contributed by atoms with Crippen LogP contribution in [0.5, 0.6) is 0 Å². The Kier molecular flexibility index (Phi) is 5.36. The van der Waals surface area contributed by atoms with Gasteiger partial charge in [-0.05, 0) is 6.42 Å². The Balaban J connectivity index is 3.80. The van der Waals surface area contributed by atoms with Crippen LogP contribution in [0, 0.1) is 0 Å². The summed E-state index contributed by atoms with van der Waals surface area (Å²) in [5.41, 5.74) is 5.34. The first-order valence-electron chi connectivity index (χ1n) is 4.12. The maximum absolute atomic E-state index is 10.4. The lowest BCUT2D eigenvalue weighted by Crippen LogP contribution is -2.34. The lowest BCUT2D eigenvalue weighted by molar-refractivity contribution is -0.137. The topological polar surface area (TPSA) is 83.5 Å². The molecule has 0 saturated carbocycles. The van der Waals surface area contributed by atoms with Crippen LogP contribution in [0.4, 0.5) is 0 Å². The number of carboxylic acids is 1. The molecule has 0 rings (SSSR count). The van der Waals surface area contributed by atoms with Crippen molar-refractivity contribution in [2.75, 3.05) is 12.4 Å². The molecule has 0 aliphatic carbocycles. The van der Waals surface area contributed by atoms with Gasteiger partial charge in [-0.1, -0.05) is 13.8 Å². The molecule has 5 heteroatoms. The van der Waals surface area contributed by atoms with E-state index in [1.807, 2.05) is 13.8 Å². The molecule has 78 valence electrons. The fraction of sp³-hybridized carbons (Fsp3) is 0.875. The summed E-state index contributed by atoms with van der Waals surface area (Å²) >= 11 is 1.47. The van der Waals surface area contributed by atoms with Crippen molar-refractivity contribution in [2.45, 2.75) is 31.1 Å². The molecule has 4 nitrogen and oxygen atoms in total. The quantitative estimate of drug-likeness (QED) is 0.583. The molecule has 0 radical (unpaired) electrons. The second kappa shape index (κ2) is 5.47. The molecule has 0 amide bonds. The Morgan fingerprint density at radius 1 is 1.62 bits per heavy atom. The number of aliphatic carboxylic acids is 1. The van der Waals surface area contributed by atoms with Gasteiger partial charge in [-0.15, -0.1) is 0 Å². The summed E-state index contributed by atoms with van der Waals surface area (Å²) in [4.78, 5) is 10.4. The van der Waals surface area contributed by atoms with E-state index in [9.17, 15) is 4.79 Å². The fourth-order valence-corrected chi connectivity index (χ4v) is 1.74. The molecule has 0 aliphatic rings. The highest BCUT2D eigenvalue weighted by Crippen LogP contribution is 2.27. The van der Waals surface area contributed by atoms with Gasteiger partial charge in [0.05, 0.1) is 0 Å². The van der Waals surface area contributed by atoms with E-state index in [1.165, 1.54) is 11.8 Å². The van der Waals surface area contributed by atoms with Gasteiger partial charge in [-0.2, -0.15) is 11.8 Å². The first-order valence-corrected chi connectivity index (χ1v) is 5.11. The molecule has 0 fully saturated rings. The molecule has 0 saturated heterocycles. The van der Waals surface area contributed by atoms with E-state index < -0.39 is 12.0 Å². The third kappa shape index (κ3) is 5.90. The van der Waals surface area contributed by atoms with Crippen molar-refractivity contribution in [2.24, 2.45) is 5.73 Å². The number of carbonyl (C=O) groups is 1. The van der Waals surface area contributed by atoms with Crippen molar-refractivity contribution in [3.05, 3.63) is 0 Å². The largest absolute Gasteiger partial charge is 0.480 e. The second-order valence-corrected chi connectivity index (χ2v) is 5.22. The summed E-state index contributed by atoms with van der Waals surface area (Å²) in [7, 11) is 0. The number of aliphatic hydroxyl groups excluding tert-OH is 1. The number of thioether (sulfide) groups is 1. The van der Waals surface area contributed by atoms with E-state index in [2.05, 4.69) is 0 Å². The minimum Gasteiger partial charge on any atom is -0.480 e. The van der Waals surface area contributed by atoms with Crippen LogP contribution in [0.1, 0.15) is 20.3 Å². The molecule has 4 N–H and O–H groups in total. The number of nitrogens with two attached hydrogens (primary N) is 1. The van der Waals surface area contributed by atoms with Gasteiger partial charge in [0.1, 0.15) is 6.04 Å². The Bertz CT molecular complexity index is 173. The van der Waals surface area contributed by atoms with E-state index in [1.54, 1.807) is 0 Å². The van der Waals surface area contributed by atoms with Gasteiger partial charge in [-0.25, -0.2) is 0 Å². The van der Waals surface area contributed by atoms with Gasteiger partial charge in [-0.3, -0.25) is 4.79 Å². The van der Waals surface area contributed by atoms with E-state index in [4.69, 9.17) is 15.9 Å². The van der Waals surface area contributed by atoms with E-state index in [0.29, 0.717) is 12.2 Å². The standard InChI is InChI=1S/C8H17NO3S/c1-8(2,3-4-10)13-5-6(9)7(11)12/h6,10H,3-5,9H2,1-2H3,(H,11,12)/t6-/m1/s1. The molecule has 13 heavy (non-hydrogen) atoms. The van der Waals surface area contributed by atoms with Crippen molar-refractivity contribution in [3.8, 4) is 0 Å². The van der Waals surface area contributed by atoms with Crippen LogP contribution >= 0.6 is 11.8 Å². The molecular weight excluding hydrogens is 190 g/mol. The molecule has 0 aliphatic heterocycles. The maximum atomic E-state index is 10.4. The third-order valence-electron chi connectivity index (χ3n) is 1.68. The minimum absolute atomic E-state index is 0.109. The minimum atomic E-state index is -0.979. The Labute approximate surface area is 82.5 Å². The van der Waals surface area contributed by atoms with Crippen LogP contribution in [0.15, 0.2) is 0 Å². The van der Waals surface area contributed by atoms with Crippen LogP contribution in [0.2, 0.25) is 0 Å². The molecule has 0 aromatic carbocycles. The molecule has 1 atom stereocenters. The molecule has 0 bridgehead atoms. The summed E-state index contributed by atoms with van der Waals surface area (Å²) in [5, 5.41) is 17.2. The van der Waals surface area contributed by atoms with E-state index in [-0.39, 0.29) is 11.4 Å². The monoisotopic (exact) mass is 207 g/mol. The highest BCUT2D eigenvalue weighted by molar-refractivity contribution is 8.00. The predicted molar refractivity (Wildman–Crippen MR) is 53.9 cm³/mol.